The Hall–Kier alpha value is -3.85. The quantitative estimate of drug-likeness (QED) is 0.287. The number of nitrogens with one attached hydrogen (secondary N) is 1. The highest BCUT2D eigenvalue weighted by Crippen LogP contribution is 2.24. The number of carbonyl (C=O) groups excluding carboxylic acids is 2. The lowest BCUT2D eigenvalue weighted by molar-refractivity contribution is -0.141. The molecule has 42 heavy (non-hydrogen) atoms. The monoisotopic (exact) mass is 591 g/mol. The van der Waals surface area contributed by atoms with Gasteiger partial charge in [-0.2, -0.15) is 0 Å². The van der Waals surface area contributed by atoms with Crippen LogP contribution in [-0.4, -0.2) is 57.1 Å². The number of benzene rings is 3. The van der Waals surface area contributed by atoms with E-state index in [0.717, 1.165) is 43.1 Å². The van der Waals surface area contributed by atoms with Gasteiger partial charge in [0.2, 0.25) is 21.8 Å². The molecule has 0 radical (unpaired) electrons. The zero-order chi connectivity index (χ0) is 30.0. The van der Waals surface area contributed by atoms with E-state index in [2.05, 4.69) is 5.32 Å². The maximum atomic E-state index is 13.9. The molecule has 0 unspecified atom stereocenters. The molecule has 1 saturated carbocycles. The van der Waals surface area contributed by atoms with Crippen LogP contribution >= 0.6 is 0 Å². The minimum Gasteiger partial charge on any atom is -0.497 e. The number of rotatable bonds is 14. The normalized spacial score (nSPS) is 14.2. The first-order valence-electron chi connectivity index (χ1n) is 14.5. The van der Waals surface area contributed by atoms with Gasteiger partial charge in [-0.25, -0.2) is 8.42 Å². The molecule has 224 valence electrons. The molecular formula is C33H41N3O5S. The Morgan fingerprint density at radius 3 is 2.19 bits per heavy atom. The highest BCUT2D eigenvalue weighted by molar-refractivity contribution is 7.92. The van der Waals surface area contributed by atoms with E-state index in [1.165, 1.54) is 11.4 Å². The van der Waals surface area contributed by atoms with Gasteiger partial charge in [-0.05, 0) is 42.5 Å². The fourth-order valence-electron chi connectivity index (χ4n) is 5.47. The van der Waals surface area contributed by atoms with E-state index in [9.17, 15) is 18.0 Å². The van der Waals surface area contributed by atoms with Crippen molar-refractivity contribution in [3.05, 3.63) is 96.1 Å². The SMILES string of the molecule is COc1cccc(N(CCCC(=O)N(Cc2ccccc2)[C@H](Cc2ccccc2)C(=O)NC2CCCC2)S(C)(=O)=O)c1. The zero-order valence-electron chi connectivity index (χ0n) is 24.4. The Balaban J connectivity index is 1.56. The minimum atomic E-state index is -3.60. The molecule has 1 N–H and O–H groups in total. The van der Waals surface area contributed by atoms with Crippen LogP contribution in [0.25, 0.3) is 0 Å². The highest BCUT2D eigenvalue weighted by atomic mass is 32.2. The van der Waals surface area contributed by atoms with Crippen LogP contribution in [0.3, 0.4) is 0 Å². The topological polar surface area (TPSA) is 96.0 Å². The molecule has 0 aromatic heterocycles. The van der Waals surface area contributed by atoms with E-state index in [-0.39, 0.29) is 43.8 Å². The van der Waals surface area contributed by atoms with Crippen molar-refractivity contribution >= 4 is 27.5 Å². The fourth-order valence-corrected chi connectivity index (χ4v) is 6.43. The van der Waals surface area contributed by atoms with Crippen LogP contribution in [0, 0.1) is 0 Å². The van der Waals surface area contributed by atoms with E-state index < -0.39 is 16.1 Å². The molecule has 9 heteroatoms. The molecule has 3 aromatic carbocycles. The average molecular weight is 592 g/mol. The van der Waals surface area contributed by atoms with E-state index >= 15 is 0 Å². The lowest BCUT2D eigenvalue weighted by Gasteiger charge is -2.33. The van der Waals surface area contributed by atoms with Crippen LogP contribution in [0.1, 0.15) is 49.7 Å². The van der Waals surface area contributed by atoms with Crippen molar-refractivity contribution in [3.8, 4) is 5.75 Å². The van der Waals surface area contributed by atoms with Crippen molar-refractivity contribution < 1.29 is 22.7 Å². The van der Waals surface area contributed by atoms with Crippen molar-refractivity contribution in [1.29, 1.82) is 0 Å². The van der Waals surface area contributed by atoms with Crippen LogP contribution < -0.4 is 14.4 Å². The molecule has 0 saturated heterocycles. The van der Waals surface area contributed by atoms with Crippen LogP contribution in [0.15, 0.2) is 84.9 Å². The first-order valence-corrected chi connectivity index (χ1v) is 16.4. The summed E-state index contributed by atoms with van der Waals surface area (Å²) in [5.74, 6) is 0.202. The third-order valence-corrected chi connectivity index (χ3v) is 8.86. The molecule has 1 atom stereocenters. The molecule has 0 bridgehead atoms. The van der Waals surface area contributed by atoms with Gasteiger partial charge in [-0.1, -0.05) is 79.6 Å². The Labute approximate surface area is 249 Å². The van der Waals surface area contributed by atoms with Crippen LogP contribution in [0.2, 0.25) is 0 Å². The van der Waals surface area contributed by atoms with E-state index in [1.54, 1.807) is 29.2 Å². The molecule has 1 aliphatic rings. The summed E-state index contributed by atoms with van der Waals surface area (Å²) in [6, 6.07) is 25.7. The summed E-state index contributed by atoms with van der Waals surface area (Å²) in [4.78, 5) is 29.4. The largest absolute Gasteiger partial charge is 0.497 e. The van der Waals surface area contributed by atoms with Crippen molar-refractivity contribution in [3.63, 3.8) is 0 Å². The van der Waals surface area contributed by atoms with E-state index in [0.29, 0.717) is 17.9 Å². The molecule has 1 aliphatic carbocycles. The Morgan fingerprint density at radius 2 is 1.57 bits per heavy atom. The lowest BCUT2D eigenvalue weighted by Crippen LogP contribution is -2.52. The van der Waals surface area contributed by atoms with Crippen molar-refractivity contribution in [2.24, 2.45) is 0 Å². The van der Waals surface area contributed by atoms with Gasteiger partial charge in [0.15, 0.2) is 0 Å². The number of hydrogen-bond donors (Lipinski definition) is 1. The van der Waals surface area contributed by atoms with Gasteiger partial charge in [0.1, 0.15) is 11.8 Å². The molecule has 3 aromatic rings. The molecule has 4 rings (SSSR count). The summed E-state index contributed by atoms with van der Waals surface area (Å²) in [5, 5.41) is 3.21. The van der Waals surface area contributed by atoms with Gasteiger partial charge in [0.25, 0.3) is 0 Å². The van der Waals surface area contributed by atoms with E-state index in [1.807, 2.05) is 60.7 Å². The second-order valence-electron chi connectivity index (χ2n) is 10.8. The zero-order valence-corrected chi connectivity index (χ0v) is 25.3. The Morgan fingerprint density at radius 1 is 0.929 bits per heavy atom. The second-order valence-corrected chi connectivity index (χ2v) is 12.7. The van der Waals surface area contributed by atoms with Gasteiger partial charge in [0, 0.05) is 38.0 Å². The van der Waals surface area contributed by atoms with Gasteiger partial charge in [0.05, 0.1) is 19.1 Å². The summed E-state index contributed by atoms with van der Waals surface area (Å²) in [7, 11) is -2.08. The van der Waals surface area contributed by atoms with Crippen LogP contribution in [-0.2, 0) is 32.6 Å². The highest BCUT2D eigenvalue weighted by Gasteiger charge is 2.32. The number of anilines is 1. The molecule has 0 heterocycles. The average Bonchev–Trinajstić information content (AvgIpc) is 3.50. The van der Waals surface area contributed by atoms with Gasteiger partial charge in [-0.15, -0.1) is 0 Å². The van der Waals surface area contributed by atoms with Crippen molar-refractivity contribution in [1.82, 2.24) is 10.2 Å². The minimum absolute atomic E-state index is 0.0881. The Kier molecular flexibility index (Phi) is 11.0. The molecule has 2 amide bonds. The third-order valence-electron chi connectivity index (χ3n) is 7.66. The number of sulfonamides is 1. The van der Waals surface area contributed by atoms with Crippen LogP contribution in [0.5, 0.6) is 5.75 Å². The second kappa shape index (κ2) is 14.9. The van der Waals surface area contributed by atoms with Gasteiger partial charge < -0.3 is 15.0 Å². The van der Waals surface area contributed by atoms with Crippen molar-refractivity contribution in [2.75, 3.05) is 24.2 Å². The number of methoxy groups -OCH3 is 1. The third kappa shape index (κ3) is 8.82. The summed E-state index contributed by atoms with van der Waals surface area (Å²) in [6.45, 7) is 0.398. The number of carbonyl (C=O) groups is 2. The number of nitrogens with zero attached hydrogens (tertiary/aromatic N) is 2. The van der Waals surface area contributed by atoms with Gasteiger partial charge >= 0.3 is 0 Å². The van der Waals surface area contributed by atoms with Gasteiger partial charge in [-0.3, -0.25) is 13.9 Å². The number of ether oxygens (including phenoxy) is 1. The maximum Gasteiger partial charge on any atom is 0.243 e. The molecule has 1 fully saturated rings. The maximum absolute atomic E-state index is 13.9. The molecule has 0 aliphatic heterocycles. The first-order chi connectivity index (χ1) is 20.2. The smallest absolute Gasteiger partial charge is 0.243 e. The summed E-state index contributed by atoms with van der Waals surface area (Å²) >= 11 is 0. The fraction of sp³-hybridized carbons (Fsp3) is 0.394. The predicted octanol–water partition coefficient (Wildman–Crippen LogP) is 4.94. The van der Waals surface area contributed by atoms with Crippen molar-refractivity contribution in [2.45, 2.75) is 63.6 Å². The number of amides is 2. The summed E-state index contributed by atoms with van der Waals surface area (Å²) in [6.07, 6.45) is 5.98. The molecule has 0 spiro atoms. The lowest BCUT2D eigenvalue weighted by atomic mass is 10.0. The summed E-state index contributed by atoms with van der Waals surface area (Å²) < 4.78 is 31.9. The first kappa shape index (κ1) is 31.1. The van der Waals surface area contributed by atoms with Crippen LogP contribution in [0.4, 0.5) is 5.69 Å². The van der Waals surface area contributed by atoms with E-state index in [4.69, 9.17) is 4.74 Å². The molecule has 8 nitrogen and oxygen atoms in total. The molecular weight excluding hydrogens is 550 g/mol. The summed E-state index contributed by atoms with van der Waals surface area (Å²) in [5.41, 5.74) is 2.37. The Bertz CT molecular complexity index is 1410. The standard InChI is InChI=1S/C33H41N3O5S/c1-41-30-20-11-19-29(24-30)36(42(2,39)40)22-12-21-32(37)35(25-27-15-7-4-8-16-27)31(23-26-13-5-3-6-14-26)33(38)34-28-17-9-10-18-28/h3-8,11,13-16,19-20,24,28,31H,9-10,12,17-18,21-23,25H2,1-2H3,(H,34,38)/t31-/m1/s1. The predicted molar refractivity (Wildman–Crippen MR) is 166 cm³/mol. The number of hydrogen-bond acceptors (Lipinski definition) is 5.